The number of ether oxygens (including phenoxy) is 2. The minimum absolute atomic E-state index is 0.147. The number of fused-ring (bicyclic) bond motifs is 1. The normalized spacial score (nSPS) is 18.0. The highest BCUT2D eigenvalue weighted by Gasteiger charge is 2.27. The second-order valence-electron chi connectivity index (χ2n) is 5.96. The highest BCUT2D eigenvalue weighted by atomic mass is 16.7. The Morgan fingerprint density at radius 1 is 1.19 bits per heavy atom. The minimum atomic E-state index is -0.591. The molecule has 0 saturated carbocycles. The molecule has 1 saturated heterocycles. The van der Waals surface area contributed by atoms with Crippen molar-refractivity contribution in [3.63, 3.8) is 0 Å². The molecule has 138 valence electrons. The molecule has 1 unspecified atom stereocenters. The van der Waals surface area contributed by atoms with Crippen LogP contribution in [-0.2, 0) is 9.59 Å². The molecule has 9 nitrogen and oxygen atoms in total. The van der Waals surface area contributed by atoms with Crippen molar-refractivity contribution in [3.05, 3.63) is 30.9 Å². The number of likely N-dealkylation sites (tertiary alicyclic amines) is 1. The Kier molecular flexibility index (Phi) is 5.26. The average molecular weight is 360 g/mol. The van der Waals surface area contributed by atoms with Gasteiger partial charge in [0, 0.05) is 24.8 Å². The third kappa shape index (κ3) is 4.05. The number of rotatable bonds is 3. The zero-order valence-electron chi connectivity index (χ0n) is 14.1. The molecule has 9 heteroatoms. The lowest BCUT2D eigenvalue weighted by Gasteiger charge is -2.31. The van der Waals surface area contributed by atoms with Crippen LogP contribution in [0.3, 0.4) is 0 Å². The number of piperidine rings is 1. The largest absolute Gasteiger partial charge is 0.454 e. The van der Waals surface area contributed by atoms with E-state index in [1.54, 1.807) is 23.1 Å². The molecule has 0 radical (unpaired) electrons. The fraction of sp³-hybridized carbons (Fsp3) is 0.353. The van der Waals surface area contributed by atoms with Crippen molar-refractivity contribution >= 4 is 23.5 Å². The third-order valence-corrected chi connectivity index (χ3v) is 4.21. The Hall–Kier alpha value is -3.23. The van der Waals surface area contributed by atoms with Gasteiger partial charge in [-0.25, -0.2) is 10.2 Å². The summed E-state index contributed by atoms with van der Waals surface area (Å²) in [5.41, 5.74) is 5.19. The lowest BCUT2D eigenvalue weighted by atomic mass is 9.97. The molecule has 3 rings (SSSR count). The van der Waals surface area contributed by atoms with Crippen LogP contribution in [0.4, 0.5) is 10.5 Å². The molecule has 0 aromatic heterocycles. The summed E-state index contributed by atoms with van der Waals surface area (Å²) in [5, 5.41) is 2.59. The van der Waals surface area contributed by atoms with Gasteiger partial charge in [-0.1, -0.05) is 6.58 Å². The van der Waals surface area contributed by atoms with Crippen LogP contribution in [0, 0.1) is 5.92 Å². The van der Waals surface area contributed by atoms with E-state index in [1.807, 2.05) is 0 Å². The van der Waals surface area contributed by atoms with Crippen molar-refractivity contribution in [2.75, 3.05) is 25.2 Å². The van der Waals surface area contributed by atoms with Crippen molar-refractivity contribution in [2.45, 2.75) is 12.8 Å². The first-order chi connectivity index (χ1) is 12.6. The maximum Gasteiger partial charge on any atom is 0.337 e. The van der Waals surface area contributed by atoms with E-state index >= 15 is 0 Å². The molecule has 0 bridgehead atoms. The Morgan fingerprint density at radius 3 is 2.81 bits per heavy atom. The summed E-state index contributed by atoms with van der Waals surface area (Å²) in [7, 11) is 0. The number of hydrazine groups is 1. The van der Waals surface area contributed by atoms with Gasteiger partial charge in [-0.3, -0.25) is 15.0 Å². The van der Waals surface area contributed by atoms with E-state index < -0.39 is 6.03 Å². The molecule has 3 N–H and O–H groups in total. The van der Waals surface area contributed by atoms with Crippen LogP contribution in [0.5, 0.6) is 11.5 Å². The molecular formula is C17H20N4O5. The van der Waals surface area contributed by atoms with E-state index in [1.165, 1.54) is 6.08 Å². The number of amides is 4. The monoisotopic (exact) mass is 360 g/mol. The molecule has 2 aliphatic heterocycles. The van der Waals surface area contributed by atoms with Gasteiger partial charge in [0.25, 0.3) is 0 Å². The second kappa shape index (κ2) is 7.77. The van der Waals surface area contributed by atoms with Gasteiger partial charge in [-0.15, -0.1) is 0 Å². The summed E-state index contributed by atoms with van der Waals surface area (Å²) in [6.45, 7) is 4.51. The van der Waals surface area contributed by atoms with E-state index in [2.05, 4.69) is 22.7 Å². The Bertz CT molecular complexity index is 736. The van der Waals surface area contributed by atoms with E-state index in [9.17, 15) is 14.4 Å². The predicted octanol–water partition coefficient (Wildman–Crippen LogP) is 0.993. The number of benzene rings is 1. The topological polar surface area (TPSA) is 109 Å². The van der Waals surface area contributed by atoms with Gasteiger partial charge < -0.3 is 19.7 Å². The molecule has 26 heavy (non-hydrogen) atoms. The number of anilines is 1. The highest BCUT2D eigenvalue weighted by Crippen LogP contribution is 2.34. The van der Waals surface area contributed by atoms with Gasteiger partial charge in [0.15, 0.2) is 11.5 Å². The summed E-state index contributed by atoms with van der Waals surface area (Å²) in [4.78, 5) is 37.4. The summed E-state index contributed by atoms with van der Waals surface area (Å²) in [6, 6.07) is 4.38. The summed E-state index contributed by atoms with van der Waals surface area (Å²) in [5.74, 6) is 0.239. The number of carbonyl (C=O) groups is 3. The first-order valence-electron chi connectivity index (χ1n) is 8.24. The molecule has 2 aliphatic rings. The first-order valence-corrected chi connectivity index (χ1v) is 8.24. The lowest BCUT2D eigenvalue weighted by molar-refractivity contribution is -0.132. The molecule has 0 spiro atoms. The molecule has 0 aliphatic carbocycles. The van der Waals surface area contributed by atoms with Gasteiger partial charge in [-0.05, 0) is 31.1 Å². The first kappa shape index (κ1) is 17.6. The maximum absolute atomic E-state index is 12.2. The number of carbonyl (C=O) groups excluding carboxylic acids is 3. The minimum Gasteiger partial charge on any atom is -0.454 e. The smallest absolute Gasteiger partial charge is 0.337 e. The van der Waals surface area contributed by atoms with Crippen LogP contribution in [0.1, 0.15) is 12.8 Å². The van der Waals surface area contributed by atoms with Crippen LogP contribution in [0.2, 0.25) is 0 Å². The number of hydrogen-bond donors (Lipinski definition) is 3. The average Bonchev–Trinajstić information content (AvgIpc) is 3.13. The molecule has 4 amide bonds. The number of nitrogens with one attached hydrogen (secondary N) is 3. The van der Waals surface area contributed by atoms with E-state index in [4.69, 9.17) is 9.47 Å². The van der Waals surface area contributed by atoms with Crippen molar-refractivity contribution in [2.24, 2.45) is 5.92 Å². The SMILES string of the molecule is C=CC(=O)N1CCCC(C(=O)NNC(=O)Nc2ccc3c(c2)OCO3)C1. The predicted molar refractivity (Wildman–Crippen MR) is 92.4 cm³/mol. The fourth-order valence-corrected chi connectivity index (χ4v) is 2.88. The van der Waals surface area contributed by atoms with Crippen molar-refractivity contribution in [3.8, 4) is 11.5 Å². The zero-order chi connectivity index (χ0) is 18.5. The van der Waals surface area contributed by atoms with E-state index in [0.29, 0.717) is 36.7 Å². The van der Waals surface area contributed by atoms with Crippen molar-refractivity contribution in [1.29, 1.82) is 0 Å². The van der Waals surface area contributed by atoms with Crippen LogP contribution >= 0.6 is 0 Å². The summed E-state index contributed by atoms with van der Waals surface area (Å²) < 4.78 is 10.4. The molecule has 1 atom stereocenters. The quantitative estimate of drug-likeness (QED) is 0.550. The molecule has 1 aromatic rings. The summed E-state index contributed by atoms with van der Waals surface area (Å²) >= 11 is 0. The van der Waals surface area contributed by atoms with Crippen LogP contribution < -0.4 is 25.6 Å². The van der Waals surface area contributed by atoms with Gasteiger partial charge in [0.05, 0.1) is 5.92 Å². The molecular weight excluding hydrogens is 340 g/mol. The Balaban J connectivity index is 1.47. The van der Waals surface area contributed by atoms with Gasteiger partial charge >= 0.3 is 6.03 Å². The highest BCUT2D eigenvalue weighted by molar-refractivity contribution is 5.92. The lowest BCUT2D eigenvalue weighted by Crippen LogP contribution is -2.50. The standard InChI is InChI=1S/C17H20N4O5/c1-2-15(22)21-7-3-4-11(9-21)16(23)19-20-17(24)18-12-5-6-13-14(8-12)26-10-25-13/h2,5-6,8,11H,1,3-4,7,9-10H2,(H,19,23)(H2,18,20,24). The van der Waals surface area contributed by atoms with Crippen LogP contribution in [0.15, 0.2) is 30.9 Å². The number of nitrogens with zero attached hydrogens (tertiary/aromatic N) is 1. The fourth-order valence-electron chi connectivity index (χ4n) is 2.88. The van der Waals surface area contributed by atoms with Crippen LogP contribution in [-0.4, -0.2) is 42.6 Å². The number of urea groups is 1. The molecule has 1 aromatic carbocycles. The summed E-state index contributed by atoms with van der Waals surface area (Å²) in [6.07, 6.45) is 2.61. The van der Waals surface area contributed by atoms with Gasteiger partial charge in [-0.2, -0.15) is 0 Å². The van der Waals surface area contributed by atoms with Gasteiger partial charge in [0.1, 0.15) is 0 Å². The van der Waals surface area contributed by atoms with Crippen molar-refractivity contribution in [1.82, 2.24) is 15.8 Å². The maximum atomic E-state index is 12.2. The second-order valence-corrected chi connectivity index (χ2v) is 5.96. The third-order valence-electron chi connectivity index (χ3n) is 4.21. The Labute approximate surface area is 150 Å². The van der Waals surface area contributed by atoms with Crippen LogP contribution in [0.25, 0.3) is 0 Å². The van der Waals surface area contributed by atoms with Gasteiger partial charge in [0.2, 0.25) is 18.6 Å². The number of hydrogen-bond acceptors (Lipinski definition) is 5. The zero-order valence-corrected chi connectivity index (χ0v) is 14.1. The molecule has 1 fully saturated rings. The molecule has 2 heterocycles. The van der Waals surface area contributed by atoms with E-state index in [0.717, 1.165) is 6.42 Å². The Morgan fingerprint density at radius 2 is 2.00 bits per heavy atom. The van der Waals surface area contributed by atoms with Crippen molar-refractivity contribution < 1.29 is 23.9 Å². The van der Waals surface area contributed by atoms with E-state index in [-0.39, 0.29) is 24.5 Å².